The molecular weight excluding hydrogens is 457 g/mol. The normalized spacial score (nSPS) is 13.3. The third kappa shape index (κ3) is 3.66. The Morgan fingerprint density at radius 1 is 1.15 bits per heavy atom. The van der Waals surface area contributed by atoms with Crippen LogP contribution in [0, 0.1) is 12.7 Å². The Balaban J connectivity index is 1.44. The predicted octanol–water partition coefficient (Wildman–Crippen LogP) is 3.81. The minimum Gasteiger partial charge on any atom is -0.372 e. The lowest BCUT2D eigenvalue weighted by Crippen LogP contribution is -2.25. The fourth-order valence-corrected chi connectivity index (χ4v) is 5.82. The quantitative estimate of drug-likeness (QED) is 0.470. The number of pyridine rings is 1. The number of aromatic nitrogens is 2. The summed E-state index contributed by atoms with van der Waals surface area (Å²) < 4.78 is 48.1. The number of rotatable bonds is 5. The van der Waals surface area contributed by atoms with Crippen LogP contribution in [0.2, 0.25) is 0 Å². The summed E-state index contributed by atoms with van der Waals surface area (Å²) in [4.78, 5) is 17.4. The molecular formula is C25H22FN3O4S. The zero-order chi connectivity index (χ0) is 24.0. The number of sulfone groups is 1. The second kappa shape index (κ2) is 8.34. The van der Waals surface area contributed by atoms with E-state index >= 15 is 0 Å². The minimum absolute atomic E-state index is 0.0551. The van der Waals surface area contributed by atoms with Crippen LogP contribution in [-0.4, -0.2) is 23.9 Å². The van der Waals surface area contributed by atoms with E-state index in [2.05, 4.69) is 10.3 Å². The van der Waals surface area contributed by atoms with E-state index in [0.717, 1.165) is 11.1 Å². The molecule has 9 heteroatoms. The highest BCUT2D eigenvalue weighted by atomic mass is 32.2. The molecule has 1 aliphatic heterocycles. The van der Waals surface area contributed by atoms with E-state index in [1.165, 1.54) is 16.7 Å². The molecule has 0 spiro atoms. The molecule has 0 unspecified atom stereocenters. The van der Waals surface area contributed by atoms with Gasteiger partial charge in [0, 0.05) is 36.4 Å². The number of benzene rings is 2. The number of nitrogens with zero attached hydrogens (tertiary/aromatic N) is 2. The van der Waals surface area contributed by atoms with Crippen molar-refractivity contribution in [3.05, 3.63) is 88.6 Å². The number of fused-ring (bicyclic) bond motifs is 2. The molecule has 7 nitrogen and oxygen atoms in total. The Hall–Kier alpha value is -3.56. The molecule has 34 heavy (non-hydrogen) atoms. The number of halogens is 1. The molecule has 1 amide bonds. The highest BCUT2D eigenvalue weighted by molar-refractivity contribution is 7.91. The smallest absolute Gasteiger partial charge is 0.268 e. The van der Waals surface area contributed by atoms with Gasteiger partial charge in [0.05, 0.1) is 28.5 Å². The third-order valence-electron chi connectivity index (χ3n) is 6.28. The van der Waals surface area contributed by atoms with Gasteiger partial charge < -0.3 is 14.6 Å². The maximum absolute atomic E-state index is 14.5. The second-order valence-corrected chi connectivity index (χ2v) is 10.2. The number of ether oxygens (including phenoxy) is 1. The lowest BCUT2D eigenvalue weighted by molar-refractivity contribution is 0.0942. The molecule has 0 atom stereocenters. The lowest BCUT2D eigenvalue weighted by atomic mass is 10.1. The first kappa shape index (κ1) is 22.2. The highest BCUT2D eigenvalue weighted by Crippen LogP contribution is 2.30. The molecule has 0 aliphatic carbocycles. The van der Waals surface area contributed by atoms with E-state index in [-0.39, 0.29) is 22.0 Å². The zero-order valence-corrected chi connectivity index (χ0v) is 19.4. The summed E-state index contributed by atoms with van der Waals surface area (Å²) in [6.07, 6.45) is 1.62. The Labute approximate surface area is 196 Å². The van der Waals surface area contributed by atoms with Gasteiger partial charge in [-0.05, 0) is 54.4 Å². The molecule has 0 radical (unpaired) electrons. The Morgan fingerprint density at radius 2 is 1.94 bits per heavy atom. The Kier molecular flexibility index (Phi) is 5.45. The van der Waals surface area contributed by atoms with Crippen molar-refractivity contribution in [1.29, 1.82) is 0 Å². The van der Waals surface area contributed by atoms with Crippen LogP contribution in [-0.2, 0) is 41.4 Å². The third-order valence-corrected chi connectivity index (χ3v) is 8.15. The van der Waals surface area contributed by atoms with E-state index in [0.29, 0.717) is 35.4 Å². The van der Waals surface area contributed by atoms with E-state index < -0.39 is 21.6 Å². The lowest BCUT2D eigenvalue weighted by Gasteiger charge is -2.10. The zero-order valence-electron chi connectivity index (χ0n) is 18.6. The molecule has 3 heterocycles. The van der Waals surface area contributed by atoms with E-state index in [4.69, 9.17) is 4.74 Å². The van der Waals surface area contributed by atoms with Crippen LogP contribution >= 0.6 is 0 Å². The number of amides is 1. The molecule has 0 saturated heterocycles. The first-order valence-corrected chi connectivity index (χ1v) is 12.2. The van der Waals surface area contributed by atoms with Crippen LogP contribution in [0.4, 0.5) is 4.39 Å². The average molecular weight is 480 g/mol. The van der Waals surface area contributed by atoms with Crippen LogP contribution in [0.3, 0.4) is 0 Å². The Morgan fingerprint density at radius 3 is 2.76 bits per heavy atom. The van der Waals surface area contributed by atoms with Crippen molar-refractivity contribution >= 4 is 26.6 Å². The predicted molar refractivity (Wildman–Crippen MR) is 123 cm³/mol. The fourth-order valence-electron chi connectivity index (χ4n) is 4.23. The van der Waals surface area contributed by atoms with Gasteiger partial charge in [-0.15, -0.1) is 0 Å². The maximum atomic E-state index is 14.5. The Bertz CT molecular complexity index is 1560. The molecule has 0 bridgehead atoms. The monoisotopic (exact) mass is 479 g/mol. The van der Waals surface area contributed by atoms with Crippen LogP contribution < -0.4 is 5.32 Å². The summed E-state index contributed by atoms with van der Waals surface area (Å²) in [5.41, 5.74) is 3.36. The summed E-state index contributed by atoms with van der Waals surface area (Å²) in [6.45, 7) is 2.43. The van der Waals surface area contributed by atoms with Crippen LogP contribution in [0.25, 0.3) is 10.9 Å². The SMILES string of the molecule is Cc1c(S(=O)(=O)c2ccc3c(c2)COC3)cc(C(=O)NCc2c(F)ccc3ncccc23)n1C. The van der Waals surface area contributed by atoms with Gasteiger partial charge in [-0.1, -0.05) is 12.1 Å². The van der Waals surface area contributed by atoms with Crippen molar-refractivity contribution in [3.63, 3.8) is 0 Å². The molecule has 4 aromatic rings. The van der Waals surface area contributed by atoms with Crippen molar-refractivity contribution in [3.8, 4) is 0 Å². The molecule has 5 rings (SSSR count). The molecule has 1 N–H and O–H groups in total. The van der Waals surface area contributed by atoms with Gasteiger partial charge in [-0.25, -0.2) is 12.8 Å². The van der Waals surface area contributed by atoms with Gasteiger partial charge in [0.1, 0.15) is 11.5 Å². The number of hydrogen-bond acceptors (Lipinski definition) is 5. The van der Waals surface area contributed by atoms with Crippen molar-refractivity contribution in [2.45, 2.75) is 36.5 Å². The number of nitrogens with one attached hydrogen (secondary N) is 1. The summed E-state index contributed by atoms with van der Waals surface area (Å²) in [6, 6.07) is 12.7. The van der Waals surface area contributed by atoms with Gasteiger partial charge in [0.25, 0.3) is 5.91 Å². The molecule has 2 aromatic carbocycles. The van der Waals surface area contributed by atoms with E-state index in [9.17, 15) is 17.6 Å². The van der Waals surface area contributed by atoms with Crippen LogP contribution in [0.5, 0.6) is 0 Å². The van der Waals surface area contributed by atoms with Crippen molar-refractivity contribution < 1.29 is 22.3 Å². The van der Waals surface area contributed by atoms with Crippen molar-refractivity contribution in [1.82, 2.24) is 14.9 Å². The summed E-state index contributed by atoms with van der Waals surface area (Å²) >= 11 is 0. The molecule has 174 valence electrons. The second-order valence-electron chi connectivity index (χ2n) is 8.24. The van der Waals surface area contributed by atoms with E-state index in [1.807, 2.05) is 0 Å². The first-order valence-electron chi connectivity index (χ1n) is 10.7. The maximum Gasteiger partial charge on any atom is 0.268 e. The average Bonchev–Trinajstić information content (AvgIpc) is 3.42. The minimum atomic E-state index is -3.85. The number of hydrogen-bond donors (Lipinski definition) is 1. The van der Waals surface area contributed by atoms with Crippen molar-refractivity contribution in [2.75, 3.05) is 0 Å². The number of carbonyl (C=O) groups excluding carboxylic acids is 1. The van der Waals surface area contributed by atoms with Crippen LogP contribution in [0.1, 0.15) is 32.9 Å². The summed E-state index contributed by atoms with van der Waals surface area (Å²) in [7, 11) is -2.23. The van der Waals surface area contributed by atoms with Gasteiger partial charge in [-0.3, -0.25) is 9.78 Å². The van der Waals surface area contributed by atoms with Crippen molar-refractivity contribution in [2.24, 2.45) is 7.05 Å². The van der Waals surface area contributed by atoms with Gasteiger partial charge in [0.15, 0.2) is 0 Å². The molecule has 0 fully saturated rings. The topological polar surface area (TPSA) is 90.3 Å². The van der Waals surface area contributed by atoms with Gasteiger partial charge in [0.2, 0.25) is 9.84 Å². The van der Waals surface area contributed by atoms with Gasteiger partial charge in [-0.2, -0.15) is 0 Å². The fraction of sp³-hybridized carbons (Fsp3) is 0.200. The summed E-state index contributed by atoms with van der Waals surface area (Å²) in [5, 5.41) is 3.32. The molecule has 0 saturated carbocycles. The highest BCUT2D eigenvalue weighted by Gasteiger charge is 2.27. The largest absolute Gasteiger partial charge is 0.372 e. The van der Waals surface area contributed by atoms with Gasteiger partial charge >= 0.3 is 0 Å². The summed E-state index contributed by atoms with van der Waals surface area (Å²) in [5.74, 6) is -0.956. The molecule has 1 aliphatic rings. The number of carbonyl (C=O) groups is 1. The standard InChI is InChI=1S/C25H22FN3O4S/c1-15-24(34(31,32)18-6-5-16-13-33-14-17(16)10-18)11-23(29(15)2)25(30)28-12-20-19-4-3-9-27-22(19)8-7-21(20)26/h3-11H,12-14H2,1-2H3,(H,28,30). The van der Waals surface area contributed by atoms with Crippen LogP contribution in [0.15, 0.2) is 64.5 Å². The van der Waals surface area contributed by atoms with E-state index in [1.54, 1.807) is 56.6 Å². The first-order chi connectivity index (χ1) is 16.3. The molecule has 2 aromatic heterocycles.